The number of hydrogen-bond donors (Lipinski definition) is 2. The van der Waals surface area contributed by atoms with Crippen LogP contribution in [0.25, 0.3) is 0 Å². The zero-order valence-electron chi connectivity index (χ0n) is 10.0. The molecule has 0 aromatic heterocycles. The Labute approximate surface area is 101 Å². The van der Waals surface area contributed by atoms with Crippen LogP contribution in [0.15, 0.2) is 23.4 Å². The van der Waals surface area contributed by atoms with Crippen LogP contribution in [0.1, 0.15) is 36.8 Å². The second-order valence-corrected chi connectivity index (χ2v) is 4.51. The highest BCUT2D eigenvalue weighted by molar-refractivity contribution is 5.99. The van der Waals surface area contributed by atoms with Crippen molar-refractivity contribution in [3.05, 3.63) is 29.3 Å². The van der Waals surface area contributed by atoms with Crippen molar-refractivity contribution in [3.8, 4) is 5.75 Å². The molecule has 1 aliphatic carbocycles. The Morgan fingerprint density at radius 1 is 1.41 bits per heavy atom. The number of hydrogen-bond acceptors (Lipinski definition) is 3. The van der Waals surface area contributed by atoms with Gasteiger partial charge in [-0.1, -0.05) is 11.2 Å². The van der Waals surface area contributed by atoms with Crippen molar-refractivity contribution >= 4 is 5.84 Å². The fraction of sp³-hybridized carbons (Fsp3) is 0.462. The summed E-state index contributed by atoms with van der Waals surface area (Å²) in [6.45, 7) is 2.00. The van der Waals surface area contributed by atoms with Crippen LogP contribution in [0.3, 0.4) is 0 Å². The highest BCUT2D eigenvalue weighted by atomic mass is 16.5. The molecule has 0 radical (unpaired) electrons. The molecule has 2 rings (SSSR count). The molecule has 4 heteroatoms. The minimum atomic E-state index is 0.0954. The first-order valence-electron chi connectivity index (χ1n) is 5.96. The van der Waals surface area contributed by atoms with Crippen LogP contribution in [0.4, 0.5) is 0 Å². The average Bonchev–Trinajstić information content (AvgIpc) is 2.81. The van der Waals surface area contributed by atoms with Crippen molar-refractivity contribution in [2.45, 2.75) is 38.7 Å². The standard InChI is InChI=1S/C13H18N2O2/c1-9-6-7-11(13(14)15-16)12(8-9)17-10-4-2-3-5-10/h6-8,10,16H,2-5H2,1H3,(H2,14,15). The molecule has 1 fully saturated rings. The Morgan fingerprint density at radius 3 is 2.76 bits per heavy atom. The molecule has 0 spiro atoms. The summed E-state index contributed by atoms with van der Waals surface area (Å²) in [6.07, 6.45) is 4.87. The minimum absolute atomic E-state index is 0.0954. The molecule has 1 saturated carbocycles. The maximum absolute atomic E-state index is 8.75. The van der Waals surface area contributed by atoms with Crippen molar-refractivity contribution in [1.29, 1.82) is 0 Å². The van der Waals surface area contributed by atoms with Crippen molar-refractivity contribution in [3.63, 3.8) is 0 Å². The Morgan fingerprint density at radius 2 is 2.12 bits per heavy atom. The van der Waals surface area contributed by atoms with Gasteiger partial charge in [0, 0.05) is 0 Å². The molecule has 0 unspecified atom stereocenters. The van der Waals surface area contributed by atoms with E-state index in [4.69, 9.17) is 15.7 Å². The molecule has 1 aliphatic rings. The van der Waals surface area contributed by atoms with Crippen molar-refractivity contribution in [1.82, 2.24) is 0 Å². The maximum Gasteiger partial charge on any atom is 0.173 e. The smallest absolute Gasteiger partial charge is 0.173 e. The predicted molar refractivity (Wildman–Crippen MR) is 66.6 cm³/mol. The number of nitrogens with zero attached hydrogens (tertiary/aromatic N) is 1. The van der Waals surface area contributed by atoms with Gasteiger partial charge in [0.05, 0.1) is 11.7 Å². The molecule has 0 bridgehead atoms. The second-order valence-electron chi connectivity index (χ2n) is 4.51. The monoisotopic (exact) mass is 234 g/mol. The van der Waals surface area contributed by atoms with Gasteiger partial charge in [-0.3, -0.25) is 0 Å². The Balaban J connectivity index is 2.26. The number of aryl methyl sites for hydroxylation is 1. The van der Waals surface area contributed by atoms with Crippen LogP contribution < -0.4 is 10.5 Å². The van der Waals surface area contributed by atoms with E-state index in [9.17, 15) is 0 Å². The van der Waals surface area contributed by atoms with E-state index in [1.165, 1.54) is 12.8 Å². The van der Waals surface area contributed by atoms with Gasteiger partial charge >= 0.3 is 0 Å². The zero-order chi connectivity index (χ0) is 12.3. The van der Waals surface area contributed by atoms with E-state index in [1.54, 1.807) is 0 Å². The Hall–Kier alpha value is -1.71. The molecule has 4 nitrogen and oxygen atoms in total. The van der Waals surface area contributed by atoms with E-state index in [1.807, 2.05) is 25.1 Å². The summed E-state index contributed by atoms with van der Waals surface area (Å²) in [6, 6.07) is 5.69. The third kappa shape index (κ3) is 2.70. The summed E-state index contributed by atoms with van der Waals surface area (Å²) >= 11 is 0. The number of rotatable bonds is 3. The number of amidine groups is 1. The lowest BCUT2D eigenvalue weighted by molar-refractivity contribution is 0.209. The van der Waals surface area contributed by atoms with Crippen LogP contribution in [0.2, 0.25) is 0 Å². The van der Waals surface area contributed by atoms with Crippen molar-refractivity contribution in [2.75, 3.05) is 0 Å². The van der Waals surface area contributed by atoms with E-state index in [2.05, 4.69) is 5.16 Å². The van der Waals surface area contributed by atoms with Gasteiger partial charge in [0.2, 0.25) is 0 Å². The van der Waals surface area contributed by atoms with Gasteiger partial charge in [0.15, 0.2) is 5.84 Å². The van der Waals surface area contributed by atoms with Gasteiger partial charge < -0.3 is 15.7 Å². The fourth-order valence-corrected chi connectivity index (χ4v) is 2.18. The summed E-state index contributed by atoms with van der Waals surface area (Å²) in [5.74, 6) is 0.810. The molecule has 0 atom stereocenters. The van der Waals surface area contributed by atoms with E-state index in [0.717, 1.165) is 18.4 Å². The molecular weight excluding hydrogens is 216 g/mol. The molecule has 0 aliphatic heterocycles. The molecule has 0 amide bonds. The highest BCUT2D eigenvalue weighted by Crippen LogP contribution is 2.27. The van der Waals surface area contributed by atoms with Crippen LogP contribution in [-0.4, -0.2) is 17.1 Å². The van der Waals surface area contributed by atoms with Gasteiger partial charge in [-0.05, 0) is 50.3 Å². The summed E-state index contributed by atoms with van der Waals surface area (Å²) < 4.78 is 5.94. The number of ether oxygens (including phenoxy) is 1. The SMILES string of the molecule is Cc1ccc(C(N)=NO)c(OC2CCCC2)c1. The number of benzene rings is 1. The van der Waals surface area contributed by atoms with Crippen LogP contribution in [0.5, 0.6) is 5.75 Å². The van der Waals surface area contributed by atoms with E-state index < -0.39 is 0 Å². The fourth-order valence-electron chi connectivity index (χ4n) is 2.18. The quantitative estimate of drug-likeness (QED) is 0.365. The Bertz CT molecular complexity index is 423. The van der Waals surface area contributed by atoms with Gasteiger partial charge in [-0.15, -0.1) is 0 Å². The zero-order valence-corrected chi connectivity index (χ0v) is 10.0. The first-order valence-corrected chi connectivity index (χ1v) is 5.96. The normalized spacial score (nSPS) is 17.4. The molecule has 92 valence electrons. The van der Waals surface area contributed by atoms with E-state index in [0.29, 0.717) is 11.3 Å². The summed E-state index contributed by atoms with van der Waals surface area (Å²) in [4.78, 5) is 0. The summed E-state index contributed by atoms with van der Waals surface area (Å²) in [7, 11) is 0. The molecule has 0 saturated heterocycles. The summed E-state index contributed by atoms with van der Waals surface area (Å²) in [5, 5.41) is 11.8. The maximum atomic E-state index is 8.75. The minimum Gasteiger partial charge on any atom is -0.490 e. The van der Waals surface area contributed by atoms with E-state index >= 15 is 0 Å². The predicted octanol–water partition coefficient (Wildman–Crippen LogP) is 2.41. The van der Waals surface area contributed by atoms with Gasteiger partial charge in [-0.25, -0.2) is 0 Å². The first-order chi connectivity index (χ1) is 8.20. The van der Waals surface area contributed by atoms with Crippen molar-refractivity contribution in [2.24, 2.45) is 10.9 Å². The van der Waals surface area contributed by atoms with Crippen molar-refractivity contribution < 1.29 is 9.94 Å². The third-order valence-electron chi connectivity index (χ3n) is 3.12. The third-order valence-corrected chi connectivity index (χ3v) is 3.12. The van der Waals surface area contributed by atoms with Gasteiger partial charge in [0.25, 0.3) is 0 Å². The van der Waals surface area contributed by atoms with Gasteiger partial charge in [0.1, 0.15) is 5.75 Å². The molecule has 0 heterocycles. The second kappa shape index (κ2) is 5.08. The lowest BCUT2D eigenvalue weighted by atomic mass is 10.1. The largest absolute Gasteiger partial charge is 0.490 e. The molecule has 17 heavy (non-hydrogen) atoms. The van der Waals surface area contributed by atoms with Crippen LogP contribution in [0, 0.1) is 6.92 Å². The first kappa shape index (κ1) is 11.8. The lowest BCUT2D eigenvalue weighted by Gasteiger charge is -2.16. The Kier molecular flexibility index (Phi) is 3.52. The van der Waals surface area contributed by atoms with Crippen LogP contribution in [-0.2, 0) is 0 Å². The molecular formula is C13H18N2O2. The lowest BCUT2D eigenvalue weighted by Crippen LogP contribution is -2.18. The molecule has 3 N–H and O–H groups in total. The average molecular weight is 234 g/mol. The van der Waals surface area contributed by atoms with E-state index in [-0.39, 0.29) is 11.9 Å². The van der Waals surface area contributed by atoms with Crippen LogP contribution >= 0.6 is 0 Å². The summed E-state index contributed by atoms with van der Waals surface area (Å²) in [5.41, 5.74) is 7.40. The highest BCUT2D eigenvalue weighted by Gasteiger charge is 2.19. The number of oxime groups is 1. The molecule has 1 aromatic rings. The topological polar surface area (TPSA) is 67.8 Å². The molecule has 1 aromatic carbocycles. The number of nitrogens with two attached hydrogens (primary N) is 1. The van der Waals surface area contributed by atoms with Gasteiger partial charge in [-0.2, -0.15) is 0 Å².